The highest BCUT2D eigenvalue weighted by Gasteiger charge is 2.39. The SMILES string of the molecule is CC1=NN(c2ccccc2)C(=O)C1C1=Nc2ccccc2NC(c2ccc(Cl)cc2)C1. The number of rotatable bonds is 3. The summed E-state index contributed by atoms with van der Waals surface area (Å²) in [6.07, 6.45) is 0.586. The van der Waals surface area contributed by atoms with E-state index in [4.69, 9.17) is 16.6 Å². The third kappa shape index (κ3) is 3.73. The number of para-hydroxylation sites is 3. The maximum Gasteiger partial charge on any atom is 0.261 e. The van der Waals surface area contributed by atoms with Crippen LogP contribution in [0.25, 0.3) is 0 Å². The van der Waals surface area contributed by atoms with Gasteiger partial charge in [0.25, 0.3) is 5.91 Å². The van der Waals surface area contributed by atoms with Gasteiger partial charge in [0.2, 0.25) is 0 Å². The topological polar surface area (TPSA) is 57.1 Å². The first-order valence-corrected chi connectivity index (χ1v) is 10.6. The molecule has 0 radical (unpaired) electrons. The van der Waals surface area contributed by atoms with Gasteiger partial charge in [-0.1, -0.05) is 54.1 Å². The number of nitrogens with one attached hydrogen (secondary N) is 1. The van der Waals surface area contributed by atoms with Crippen LogP contribution in [-0.2, 0) is 4.79 Å². The minimum atomic E-state index is -0.483. The van der Waals surface area contributed by atoms with E-state index in [9.17, 15) is 4.79 Å². The van der Waals surface area contributed by atoms with Crippen molar-refractivity contribution in [1.29, 1.82) is 0 Å². The lowest BCUT2D eigenvalue weighted by molar-refractivity contribution is -0.118. The van der Waals surface area contributed by atoms with Gasteiger partial charge in [-0.15, -0.1) is 0 Å². The lowest BCUT2D eigenvalue weighted by atomic mass is 9.91. The van der Waals surface area contributed by atoms with E-state index in [2.05, 4.69) is 10.4 Å². The molecule has 2 heterocycles. The predicted octanol–water partition coefficient (Wildman–Crippen LogP) is 6.01. The Labute approximate surface area is 186 Å². The number of amides is 1. The van der Waals surface area contributed by atoms with E-state index in [0.29, 0.717) is 11.4 Å². The molecule has 2 atom stereocenters. The van der Waals surface area contributed by atoms with Gasteiger partial charge in [0.1, 0.15) is 5.92 Å². The molecule has 3 aromatic rings. The molecule has 6 heteroatoms. The minimum absolute atomic E-state index is 0.0361. The standard InChI is InChI=1S/C25H21ClN4O/c1-16-24(25(31)30(29-16)19-7-3-2-4-8-19)23-15-22(17-11-13-18(26)14-12-17)27-20-9-5-6-10-21(20)28-23/h2-14,22,24,27H,15H2,1H3. The zero-order valence-electron chi connectivity index (χ0n) is 17.0. The number of aliphatic imine (C=N–C) groups is 1. The van der Waals surface area contributed by atoms with Gasteiger partial charge in [-0.3, -0.25) is 9.79 Å². The van der Waals surface area contributed by atoms with Crippen LogP contribution in [0.5, 0.6) is 0 Å². The third-order valence-corrected chi connectivity index (χ3v) is 5.90. The average Bonchev–Trinajstić information content (AvgIpc) is 2.96. The Morgan fingerprint density at radius 3 is 2.45 bits per heavy atom. The van der Waals surface area contributed by atoms with Crippen molar-refractivity contribution >= 4 is 46.0 Å². The summed E-state index contributed by atoms with van der Waals surface area (Å²) in [7, 11) is 0. The fourth-order valence-electron chi connectivity index (χ4n) is 4.12. The number of carbonyl (C=O) groups is 1. The maximum atomic E-state index is 13.4. The molecule has 0 aliphatic carbocycles. The molecule has 2 unspecified atom stereocenters. The third-order valence-electron chi connectivity index (χ3n) is 5.65. The Hall–Kier alpha value is -3.44. The Morgan fingerprint density at radius 1 is 0.968 bits per heavy atom. The zero-order chi connectivity index (χ0) is 21.4. The van der Waals surface area contributed by atoms with Crippen LogP contribution in [0.2, 0.25) is 5.02 Å². The summed E-state index contributed by atoms with van der Waals surface area (Å²) in [4.78, 5) is 18.4. The first kappa shape index (κ1) is 19.5. The number of anilines is 2. The Kier molecular flexibility index (Phi) is 5.04. The van der Waals surface area contributed by atoms with Crippen LogP contribution in [0.1, 0.15) is 24.9 Å². The summed E-state index contributed by atoms with van der Waals surface area (Å²) in [6.45, 7) is 1.90. The lowest BCUT2D eigenvalue weighted by Crippen LogP contribution is -2.33. The second kappa shape index (κ2) is 8.00. The largest absolute Gasteiger partial charge is 0.376 e. The Bertz CT molecular complexity index is 1190. The van der Waals surface area contributed by atoms with E-state index in [1.807, 2.05) is 85.8 Å². The summed E-state index contributed by atoms with van der Waals surface area (Å²) in [5.41, 5.74) is 5.18. The molecule has 0 saturated heterocycles. The van der Waals surface area contributed by atoms with Crippen LogP contribution in [0.3, 0.4) is 0 Å². The molecule has 2 aliphatic heterocycles. The van der Waals surface area contributed by atoms with Gasteiger partial charge in [0.05, 0.1) is 28.8 Å². The van der Waals surface area contributed by atoms with Crippen molar-refractivity contribution in [2.75, 3.05) is 10.3 Å². The monoisotopic (exact) mass is 428 g/mol. The summed E-state index contributed by atoms with van der Waals surface area (Å²) in [6, 6.07) is 25.2. The van der Waals surface area contributed by atoms with Crippen molar-refractivity contribution < 1.29 is 4.79 Å². The number of benzene rings is 3. The Balaban J connectivity index is 1.54. The molecule has 0 aromatic heterocycles. The van der Waals surface area contributed by atoms with E-state index in [-0.39, 0.29) is 11.9 Å². The quantitative estimate of drug-likeness (QED) is 0.555. The van der Waals surface area contributed by atoms with Crippen molar-refractivity contribution in [3.63, 3.8) is 0 Å². The number of fused-ring (bicyclic) bond motifs is 1. The van der Waals surface area contributed by atoms with Crippen LogP contribution in [0.15, 0.2) is 89.0 Å². The second-order valence-electron chi connectivity index (χ2n) is 7.73. The van der Waals surface area contributed by atoms with Crippen LogP contribution in [0, 0.1) is 5.92 Å². The van der Waals surface area contributed by atoms with E-state index >= 15 is 0 Å². The normalized spacial score (nSPS) is 20.5. The molecule has 3 aromatic carbocycles. The number of hydrogen-bond acceptors (Lipinski definition) is 4. The van der Waals surface area contributed by atoms with Gasteiger partial charge in [0, 0.05) is 17.2 Å². The van der Waals surface area contributed by atoms with Gasteiger partial charge in [0.15, 0.2) is 0 Å². The van der Waals surface area contributed by atoms with Gasteiger partial charge in [-0.25, -0.2) is 0 Å². The van der Waals surface area contributed by atoms with Crippen molar-refractivity contribution in [3.05, 3.63) is 89.4 Å². The highest BCUT2D eigenvalue weighted by atomic mass is 35.5. The number of carbonyl (C=O) groups excluding carboxylic acids is 1. The summed E-state index contributed by atoms with van der Waals surface area (Å²) >= 11 is 6.10. The smallest absolute Gasteiger partial charge is 0.261 e. The summed E-state index contributed by atoms with van der Waals surface area (Å²) < 4.78 is 0. The zero-order valence-corrected chi connectivity index (χ0v) is 17.8. The lowest BCUT2D eigenvalue weighted by Gasteiger charge is -2.21. The molecular formula is C25H21ClN4O. The van der Waals surface area contributed by atoms with Crippen molar-refractivity contribution in [1.82, 2.24) is 0 Å². The second-order valence-corrected chi connectivity index (χ2v) is 8.17. The van der Waals surface area contributed by atoms with E-state index in [1.54, 1.807) is 0 Å². The van der Waals surface area contributed by atoms with Crippen molar-refractivity contribution in [2.24, 2.45) is 16.0 Å². The minimum Gasteiger partial charge on any atom is -0.376 e. The fourth-order valence-corrected chi connectivity index (χ4v) is 4.25. The van der Waals surface area contributed by atoms with Gasteiger partial charge in [-0.05, 0) is 48.9 Å². The predicted molar refractivity (Wildman–Crippen MR) is 126 cm³/mol. The van der Waals surface area contributed by atoms with Gasteiger partial charge < -0.3 is 5.32 Å². The molecule has 154 valence electrons. The van der Waals surface area contributed by atoms with Crippen LogP contribution < -0.4 is 10.3 Å². The summed E-state index contributed by atoms with van der Waals surface area (Å²) in [5.74, 6) is -0.556. The number of nitrogens with zero attached hydrogens (tertiary/aromatic N) is 3. The number of hydrazone groups is 1. The highest BCUT2D eigenvalue weighted by molar-refractivity contribution is 6.30. The first-order chi connectivity index (χ1) is 15.1. The van der Waals surface area contributed by atoms with E-state index in [0.717, 1.165) is 34.0 Å². The van der Waals surface area contributed by atoms with Gasteiger partial charge in [-0.2, -0.15) is 10.1 Å². The first-order valence-electron chi connectivity index (χ1n) is 10.2. The van der Waals surface area contributed by atoms with E-state index < -0.39 is 5.92 Å². The average molecular weight is 429 g/mol. The van der Waals surface area contributed by atoms with Crippen LogP contribution in [0.4, 0.5) is 17.1 Å². The molecule has 0 saturated carbocycles. The molecule has 1 amide bonds. The molecule has 0 bridgehead atoms. The molecule has 0 fully saturated rings. The molecule has 5 rings (SSSR count). The van der Waals surface area contributed by atoms with Gasteiger partial charge >= 0.3 is 0 Å². The Morgan fingerprint density at radius 2 is 1.68 bits per heavy atom. The fraction of sp³-hybridized carbons (Fsp3) is 0.160. The molecular weight excluding hydrogens is 408 g/mol. The van der Waals surface area contributed by atoms with Crippen molar-refractivity contribution in [3.8, 4) is 0 Å². The molecule has 31 heavy (non-hydrogen) atoms. The molecule has 1 N–H and O–H groups in total. The van der Waals surface area contributed by atoms with Crippen LogP contribution in [-0.4, -0.2) is 17.3 Å². The molecule has 0 spiro atoms. The van der Waals surface area contributed by atoms with Crippen LogP contribution >= 0.6 is 11.6 Å². The number of hydrogen-bond donors (Lipinski definition) is 1. The molecule has 5 nitrogen and oxygen atoms in total. The van der Waals surface area contributed by atoms with Crippen molar-refractivity contribution in [2.45, 2.75) is 19.4 Å². The van der Waals surface area contributed by atoms with E-state index in [1.165, 1.54) is 5.01 Å². The number of halogens is 1. The summed E-state index contributed by atoms with van der Waals surface area (Å²) in [5, 5.41) is 10.4. The maximum absolute atomic E-state index is 13.4. The molecule has 2 aliphatic rings. The highest BCUT2D eigenvalue weighted by Crippen LogP contribution is 2.37.